The van der Waals surface area contributed by atoms with E-state index in [-0.39, 0.29) is 31.1 Å². The maximum Gasteiger partial charge on any atom is 0.306 e. The van der Waals surface area contributed by atoms with E-state index in [9.17, 15) is 14.4 Å². The zero-order valence-electron chi connectivity index (χ0n) is 45.4. The highest BCUT2D eigenvalue weighted by atomic mass is 16.6. The van der Waals surface area contributed by atoms with Crippen molar-refractivity contribution < 1.29 is 28.6 Å². The smallest absolute Gasteiger partial charge is 0.306 e. The zero-order chi connectivity index (χ0) is 49.3. The fraction of sp³-hybridized carbons (Fsp3) is 0.823. The Labute approximate surface area is 422 Å². The Bertz CT molecular complexity index is 1190. The number of hydrogen-bond donors (Lipinski definition) is 0. The molecule has 0 spiro atoms. The lowest BCUT2D eigenvalue weighted by Crippen LogP contribution is -2.30. The van der Waals surface area contributed by atoms with Gasteiger partial charge in [0, 0.05) is 19.3 Å². The lowest BCUT2D eigenvalue weighted by molar-refractivity contribution is -0.167. The van der Waals surface area contributed by atoms with Crippen molar-refractivity contribution in [2.75, 3.05) is 13.2 Å². The van der Waals surface area contributed by atoms with E-state index < -0.39 is 6.10 Å². The van der Waals surface area contributed by atoms with Crippen molar-refractivity contribution in [3.05, 3.63) is 48.6 Å². The van der Waals surface area contributed by atoms with Crippen LogP contribution in [0.3, 0.4) is 0 Å². The minimum absolute atomic E-state index is 0.0758. The first-order chi connectivity index (χ1) is 33.5. The van der Waals surface area contributed by atoms with Gasteiger partial charge in [-0.3, -0.25) is 14.4 Å². The first-order valence-corrected chi connectivity index (χ1v) is 29.6. The predicted octanol–water partition coefficient (Wildman–Crippen LogP) is 19.8. The summed E-state index contributed by atoms with van der Waals surface area (Å²) in [4.78, 5) is 38.2. The van der Waals surface area contributed by atoms with Crippen LogP contribution < -0.4 is 0 Å². The molecule has 0 aromatic carbocycles. The van der Waals surface area contributed by atoms with Crippen molar-refractivity contribution in [2.24, 2.45) is 0 Å². The van der Waals surface area contributed by atoms with Gasteiger partial charge in [-0.25, -0.2) is 0 Å². The number of carbonyl (C=O) groups is 3. The molecule has 6 heteroatoms. The topological polar surface area (TPSA) is 78.9 Å². The molecular weight excluding hydrogens is 841 g/mol. The number of rotatable bonds is 54. The molecule has 0 saturated heterocycles. The summed E-state index contributed by atoms with van der Waals surface area (Å²) in [5, 5.41) is 0. The van der Waals surface area contributed by atoms with Gasteiger partial charge in [0.25, 0.3) is 0 Å². The Morgan fingerprint density at radius 3 is 0.838 bits per heavy atom. The minimum Gasteiger partial charge on any atom is -0.462 e. The lowest BCUT2D eigenvalue weighted by Gasteiger charge is -2.18. The summed E-state index contributed by atoms with van der Waals surface area (Å²) < 4.78 is 16.9. The fourth-order valence-corrected chi connectivity index (χ4v) is 8.56. The molecule has 0 fully saturated rings. The Morgan fingerprint density at radius 2 is 0.529 bits per heavy atom. The maximum absolute atomic E-state index is 12.9. The van der Waals surface area contributed by atoms with Crippen LogP contribution in [-0.4, -0.2) is 37.2 Å². The number of hydrogen-bond acceptors (Lipinski definition) is 6. The molecule has 0 aromatic rings. The SMILES string of the molecule is CCCCC/C=C\C/C=C\CCCCCCCCCC(=O)OCC(COC(=O)CCCCCCCCCCCCCCCCCC)OC(=O)CCCCCCCCC/C=C\C/C=C\CCCCC. The standard InChI is InChI=1S/C62H112O6/c1-4-7-10-13-16-19-22-25-28-31-34-37-40-43-46-49-52-55-61(64)67-58-59(57-66-60(63)54-51-48-45-42-39-36-33-30-27-24-21-18-15-12-9-6-3)68-62(65)56-53-50-47-44-41-38-35-32-29-26-23-20-17-14-11-8-5-2/h16-17,19-20,25-26,28-29,59H,4-15,18,21-24,27,30-58H2,1-3H3/b19-16-,20-17-,28-25-,29-26-. The molecule has 68 heavy (non-hydrogen) atoms. The van der Waals surface area contributed by atoms with E-state index in [1.165, 1.54) is 186 Å². The van der Waals surface area contributed by atoms with E-state index >= 15 is 0 Å². The predicted molar refractivity (Wildman–Crippen MR) is 293 cm³/mol. The highest BCUT2D eigenvalue weighted by Gasteiger charge is 2.19. The molecule has 0 aromatic heterocycles. The normalized spacial score (nSPS) is 12.3. The van der Waals surface area contributed by atoms with Crippen molar-refractivity contribution in [3.63, 3.8) is 0 Å². The van der Waals surface area contributed by atoms with Gasteiger partial charge in [-0.15, -0.1) is 0 Å². The van der Waals surface area contributed by atoms with Crippen molar-refractivity contribution in [3.8, 4) is 0 Å². The highest BCUT2D eigenvalue weighted by Crippen LogP contribution is 2.16. The minimum atomic E-state index is -0.779. The van der Waals surface area contributed by atoms with Crippen LogP contribution in [0, 0.1) is 0 Å². The molecule has 0 heterocycles. The van der Waals surface area contributed by atoms with E-state index in [0.717, 1.165) is 83.5 Å². The Hall–Kier alpha value is -2.63. The lowest BCUT2D eigenvalue weighted by atomic mass is 10.0. The molecule has 0 rings (SSSR count). The Kier molecular flexibility index (Phi) is 54.8. The van der Waals surface area contributed by atoms with Crippen molar-refractivity contribution in [2.45, 2.75) is 316 Å². The van der Waals surface area contributed by atoms with Gasteiger partial charge in [-0.05, 0) is 83.5 Å². The first kappa shape index (κ1) is 65.4. The van der Waals surface area contributed by atoms with Crippen molar-refractivity contribution in [1.29, 1.82) is 0 Å². The third kappa shape index (κ3) is 54.3. The summed E-state index contributed by atoms with van der Waals surface area (Å²) in [5.41, 5.74) is 0. The summed E-state index contributed by atoms with van der Waals surface area (Å²) in [6.45, 7) is 6.62. The maximum atomic E-state index is 12.9. The van der Waals surface area contributed by atoms with Crippen LogP contribution in [0.25, 0.3) is 0 Å². The molecule has 0 aliphatic heterocycles. The van der Waals surface area contributed by atoms with E-state index in [1.54, 1.807) is 0 Å². The van der Waals surface area contributed by atoms with E-state index in [2.05, 4.69) is 69.4 Å². The highest BCUT2D eigenvalue weighted by molar-refractivity contribution is 5.71. The fourth-order valence-electron chi connectivity index (χ4n) is 8.56. The van der Waals surface area contributed by atoms with Crippen LogP contribution in [0.2, 0.25) is 0 Å². The average Bonchev–Trinajstić information content (AvgIpc) is 3.34. The number of unbranched alkanes of at least 4 members (excludes halogenated alkanes) is 35. The number of carbonyl (C=O) groups excluding carboxylic acids is 3. The second-order valence-corrected chi connectivity index (χ2v) is 19.9. The third-order valence-corrected chi connectivity index (χ3v) is 13.1. The van der Waals surface area contributed by atoms with Gasteiger partial charge >= 0.3 is 17.9 Å². The van der Waals surface area contributed by atoms with Gasteiger partial charge in [0.1, 0.15) is 13.2 Å². The molecule has 0 N–H and O–H groups in total. The summed E-state index contributed by atoms with van der Waals surface area (Å²) in [6, 6.07) is 0. The van der Waals surface area contributed by atoms with Crippen LogP contribution >= 0.6 is 0 Å². The molecule has 396 valence electrons. The molecule has 0 bridgehead atoms. The second-order valence-electron chi connectivity index (χ2n) is 19.9. The third-order valence-electron chi connectivity index (χ3n) is 13.1. The summed E-state index contributed by atoms with van der Waals surface area (Å²) >= 11 is 0. The van der Waals surface area contributed by atoms with Gasteiger partial charge < -0.3 is 14.2 Å². The van der Waals surface area contributed by atoms with E-state index in [4.69, 9.17) is 14.2 Å². The van der Waals surface area contributed by atoms with Crippen LogP contribution in [0.15, 0.2) is 48.6 Å². The number of esters is 3. The van der Waals surface area contributed by atoms with Crippen LogP contribution in [0.5, 0.6) is 0 Å². The van der Waals surface area contributed by atoms with Gasteiger partial charge in [0.2, 0.25) is 0 Å². The molecule has 0 aliphatic carbocycles. The summed E-state index contributed by atoms with van der Waals surface area (Å²) in [7, 11) is 0. The molecule has 1 atom stereocenters. The largest absolute Gasteiger partial charge is 0.462 e. The van der Waals surface area contributed by atoms with Crippen molar-refractivity contribution >= 4 is 17.9 Å². The Balaban J connectivity index is 4.38. The van der Waals surface area contributed by atoms with E-state index in [0.29, 0.717) is 19.3 Å². The molecule has 0 amide bonds. The zero-order valence-corrected chi connectivity index (χ0v) is 45.4. The molecule has 0 radical (unpaired) electrons. The average molecular weight is 954 g/mol. The molecule has 1 unspecified atom stereocenters. The molecular formula is C62H112O6. The van der Waals surface area contributed by atoms with Crippen molar-refractivity contribution in [1.82, 2.24) is 0 Å². The molecule has 0 saturated carbocycles. The molecule has 6 nitrogen and oxygen atoms in total. The second kappa shape index (κ2) is 57.0. The van der Waals surface area contributed by atoms with Gasteiger partial charge in [-0.1, -0.05) is 256 Å². The van der Waals surface area contributed by atoms with Gasteiger partial charge in [0.15, 0.2) is 6.10 Å². The summed E-state index contributed by atoms with van der Waals surface area (Å²) in [5.74, 6) is -0.875. The summed E-state index contributed by atoms with van der Waals surface area (Å²) in [6.07, 6.45) is 69.5. The van der Waals surface area contributed by atoms with Crippen LogP contribution in [-0.2, 0) is 28.6 Å². The van der Waals surface area contributed by atoms with Gasteiger partial charge in [0.05, 0.1) is 0 Å². The molecule has 0 aliphatic rings. The number of ether oxygens (including phenoxy) is 3. The quantitative estimate of drug-likeness (QED) is 0.0262. The Morgan fingerprint density at radius 1 is 0.294 bits per heavy atom. The van der Waals surface area contributed by atoms with E-state index in [1.807, 2.05) is 0 Å². The van der Waals surface area contributed by atoms with Crippen LogP contribution in [0.4, 0.5) is 0 Å². The monoisotopic (exact) mass is 953 g/mol. The number of allylic oxidation sites excluding steroid dienone is 8. The first-order valence-electron chi connectivity index (χ1n) is 29.6. The van der Waals surface area contributed by atoms with Gasteiger partial charge in [-0.2, -0.15) is 0 Å². The van der Waals surface area contributed by atoms with Crippen LogP contribution in [0.1, 0.15) is 310 Å².